The van der Waals surface area contributed by atoms with E-state index in [9.17, 15) is 9.59 Å². The minimum absolute atomic E-state index is 0.0377. The van der Waals surface area contributed by atoms with Crippen LogP contribution in [0.5, 0.6) is 0 Å². The quantitative estimate of drug-likeness (QED) is 0.864. The lowest BCUT2D eigenvalue weighted by molar-refractivity contribution is -0.119. The van der Waals surface area contributed by atoms with E-state index in [1.807, 2.05) is 30.3 Å². The van der Waals surface area contributed by atoms with Crippen LogP contribution in [-0.2, 0) is 14.9 Å². The van der Waals surface area contributed by atoms with Crippen molar-refractivity contribution in [1.29, 1.82) is 5.26 Å². The van der Waals surface area contributed by atoms with E-state index in [0.717, 1.165) is 5.56 Å². The normalized spacial score (nSPS) is 10.6. The molecule has 1 N–H and O–H groups in total. The maximum absolute atomic E-state index is 11.9. The molecule has 1 amide bonds. The highest BCUT2D eigenvalue weighted by Crippen LogP contribution is 2.23. The number of nitriles is 1. The number of esters is 1. The molecule has 25 heavy (non-hydrogen) atoms. The van der Waals surface area contributed by atoms with Crippen molar-refractivity contribution in [2.75, 3.05) is 11.9 Å². The van der Waals surface area contributed by atoms with Crippen LogP contribution in [0.1, 0.15) is 42.3 Å². The third-order valence-electron chi connectivity index (χ3n) is 3.60. The van der Waals surface area contributed by atoms with Gasteiger partial charge in [0, 0.05) is 5.69 Å². The molecular formula is C20H20N2O3. The minimum Gasteiger partial charge on any atom is -0.452 e. The Hall–Kier alpha value is -3.13. The molecule has 2 aromatic rings. The average Bonchev–Trinajstić information content (AvgIpc) is 2.59. The van der Waals surface area contributed by atoms with Gasteiger partial charge in [-0.2, -0.15) is 5.26 Å². The van der Waals surface area contributed by atoms with Gasteiger partial charge >= 0.3 is 5.97 Å². The number of nitrogens with zero attached hydrogens (tertiary/aromatic N) is 1. The first kappa shape index (κ1) is 18.2. The summed E-state index contributed by atoms with van der Waals surface area (Å²) in [6, 6.07) is 15.6. The number of ether oxygens (including phenoxy) is 1. The molecule has 0 unspecified atom stereocenters. The fourth-order valence-corrected chi connectivity index (χ4v) is 2.18. The number of carbonyl (C=O) groups is 2. The second-order valence-corrected chi connectivity index (χ2v) is 6.64. The monoisotopic (exact) mass is 336 g/mol. The lowest BCUT2D eigenvalue weighted by Gasteiger charge is -2.19. The largest absolute Gasteiger partial charge is 0.452 e. The van der Waals surface area contributed by atoms with Crippen LogP contribution < -0.4 is 5.32 Å². The summed E-state index contributed by atoms with van der Waals surface area (Å²) in [5.74, 6) is -1.07. The predicted octanol–water partition coefficient (Wildman–Crippen LogP) is 3.65. The maximum Gasteiger partial charge on any atom is 0.338 e. The van der Waals surface area contributed by atoms with Gasteiger partial charge in [0.15, 0.2) is 6.61 Å². The van der Waals surface area contributed by atoms with Gasteiger partial charge < -0.3 is 10.1 Å². The van der Waals surface area contributed by atoms with Crippen molar-refractivity contribution in [2.45, 2.75) is 26.2 Å². The highest BCUT2D eigenvalue weighted by Gasteiger charge is 2.14. The van der Waals surface area contributed by atoms with E-state index in [4.69, 9.17) is 10.00 Å². The molecule has 2 rings (SSSR count). The Labute approximate surface area is 147 Å². The number of carbonyl (C=O) groups excluding carboxylic acids is 2. The SMILES string of the molecule is CC(C)(C)c1ccc(NC(=O)COC(=O)c2cccc(C#N)c2)cc1. The van der Waals surface area contributed by atoms with Crippen LogP contribution >= 0.6 is 0 Å². The van der Waals surface area contributed by atoms with Crippen molar-refractivity contribution < 1.29 is 14.3 Å². The van der Waals surface area contributed by atoms with Gasteiger partial charge in [0.2, 0.25) is 0 Å². The molecule has 0 saturated carbocycles. The third kappa shape index (κ3) is 5.18. The Morgan fingerprint density at radius 2 is 1.80 bits per heavy atom. The van der Waals surface area contributed by atoms with Crippen LogP contribution in [0.25, 0.3) is 0 Å². The Morgan fingerprint density at radius 1 is 1.12 bits per heavy atom. The molecular weight excluding hydrogens is 316 g/mol. The van der Waals surface area contributed by atoms with Crippen molar-refractivity contribution in [2.24, 2.45) is 0 Å². The van der Waals surface area contributed by atoms with Crippen LogP contribution in [0.15, 0.2) is 48.5 Å². The molecule has 0 fully saturated rings. The van der Waals surface area contributed by atoms with Crippen LogP contribution in [0.2, 0.25) is 0 Å². The van der Waals surface area contributed by atoms with Gasteiger partial charge in [0.25, 0.3) is 5.91 Å². The summed E-state index contributed by atoms with van der Waals surface area (Å²) in [7, 11) is 0. The zero-order valence-electron chi connectivity index (χ0n) is 14.5. The van der Waals surface area contributed by atoms with E-state index in [1.54, 1.807) is 12.1 Å². The molecule has 0 atom stereocenters. The van der Waals surface area contributed by atoms with Crippen LogP contribution in [0.4, 0.5) is 5.69 Å². The summed E-state index contributed by atoms with van der Waals surface area (Å²) in [5.41, 5.74) is 2.43. The van der Waals surface area contributed by atoms with Gasteiger partial charge in [-0.25, -0.2) is 4.79 Å². The highest BCUT2D eigenvalue weighted by molar-refractivity contribution is 5.95. The molecule has 0 spiro atoms. The fraction of sp³-hybridized carbons (Fsp3) is 0.250. The van der Waals surface area contributed by atoms with Crippen LogP contribution in [-0.4, -0.2) is 18.5 Å². The summed E-state index contributed by atoms with van der Waals surface area (Å²) < 4.78 is 4.98. The second kappa shape index (κ2) is 7.63. The Kier molecular flexibility index (Phi) is 5.56. The molecule has 0 saturated heterocycles. The number of rotatable bonds is 4. The molecule has 0 aliphatic rings. The molecule has 0 aromatic heterocycles. The average molecular weight is 336 g/mol. The van der Waals surface area contributed by atoms with Crippen molar-refractivity contribution in [1.82, 2.24) is 0 Å². The summed E-state index contributed by atoms with van der Waals surface area (Å²) in [6.45, 7) is 5.95. The van der Waals surface area contributed by atoms with E-state index in [1.165, 1.54) is 12.1 Å². The summed E-state index contributed by atoms with van der Waals surface area (Å²) in [4.78, 5) is 23.8. The van der Waals surface area contributed by atoms with Gasteiger partial charge in [0.05, 0.1) is 17.2 Å². The van der Waals surface area contributed by atoms with Gasteiger partial charge in [0.1, 0.15) is 0 Å². The summed E-state index contributed by atoms with van der Waals surface area (Å²) >= 11 is 0. The minimum atomic E-state index is -0.643. The van der Waals surface area contributed by atoms with Gasteiger partial charge in [-0.1, -0.05) is 39.0 Å². The Morgan fingerprint density at radius 3 is 2.40 bits per heavy atom. The van der Waals surface area contributed by atoms with Gasteiger partial charge in [-0.05, 0) is 41.3 Å². The van der Waals surface area contributed by atoms with Crippen molar-refractivity contribution >= 4 is 17.6 Å². The standard InChI is InChI=1S/C20H20N2O3/c1-20(2,3)16-7-9-17(10-8-16)22-18(23)13-25-19(24)15-6-4-5-14(11-15)12-21/h4-11H,13H2,1-3H3,(H,22,23). The van der Waals surface area contributed by atoms with E-state index < -0.39 is 18.5 Å². The molecule has 0 aliphatic heterocycles. The summed E-state index contributed by atoms with van der Waals surface area (Å²) in [6.07, 6.45) is 0. The highest BCUT2D eigenvalue weighted by atomic mass is 16.5. The smallest absolute Gasteiger partial charge is 0.338 e. The van der Waals surface area contributed by atoms with Crippen molar-refractivity contribution in [3.8, 4) is 6.07 Å². The number of nitrogens with one attached hydrogen (secondary N) is 1. The lowest BCUT2D eigenvalue weighted by atomic mass is 9.87. The first-order valence-corrected chi connectivity index (χ1v) is 7.87. The molecule has 0 aliphatic carbocycles. The van der Waals surface area contributed by atoms with E-state index in [2.05, 4.69) is 26.1 Å². The zero-order valence-corrected chi connectivity index (χ0v) is 14.5. The zero-order chi connectivity index (χ0) is 18.4. The molecule has 128 valence electrons. The number of hydrogen-bond donors (Lipinski definition) is 1. The molecule has 2 aromatic carbocycles. The topological polar surface area (TPSA) is 79.2 Å². The molecule has 0 radical (unpaired) electrons. The van der Waals surface area contributed by atoms with Gasteiger partial charge in [-0.15, -0.1) is 0 Å². The maximum atomic E-state index is 11.9. The summed E-state index contributed by atoms with van der Waals surface area (Å²) in [5, 5.41) is 11.5. The van der Waals surface area contributed by atoms with Crippen molar-refractivity contribution in [3.63, 3.8) is 0 Å². The molecule has 5 nitrogen and oxygen atoms in total. The fourth-order valence-electron chi connectivity index (χ4n) is 2.18. The van der Waals surface area contributed by atoms with Crippen LogP contribution in [0, 0.1) is 11.3 Å². The van der Waals surface area contributed by atoms with Crippen LogP contribution in [0.3, 0.4) is 0 Å². The Bertz CT molecular complexity index is 812. The number of benzene rings is 2. The first-order valence-electron chi connectivity index (χ1n) is 7.87. The van der Waals surface area contributed by atoms with E-state index in [0.29, 0.717) is 11.3 Å². The Balaban J connectivity index is 1.90. The predicted molar refractivity (Wildman–Crippen MR) is 95.2 cm³/mol. The molecule has 0 bridgehead atoms. The second-order valence-electron chi connectivity index (χ2n) is 6.64. The number of anilines is 1. The van der Waals surface area contributed by atoms with E-state index >= 15 is 0 Å². The first-order chi connectivity index (χ1) is 11.8. The molecule has 0 heterocycles. The molecule has 5 heteroatoms. The van der Waals surface area contributed by atoms with Gasteiger partial charge in [-0.3, -0.25) is 4.79 Å². The number of amides is 1. The van der Waals surface area contributed by atoms with Crippen molar-refractivity contribution in [3.05, 3.63) is 65.2 Å². The number of hydrogen-bond acceptors (Lipinski definition) is 4. The lowest BCUT2D eigenvalue weighted by Crippen LogP contribution is -2.21. The van der Waals surface area contributed by atoms with E-state index in [-0.39, 0.29) is 11.0 Å². The third-order valence-corrected chi connectivity index (χ3v) is 3.60.